The highest BCUT2D eigenvalue weighted by Gasteiger charge is 2.13. The molecule has 3 heteroatoms. The van der Waals surface area contributed by atoms with Crippen molar-refractivity contribution in [3.63, 3.8) is 0 Å². The Labute approximate surface area is 117 Å². The van der Waals surface area contributed by atoms with Crippen LogP contribution in [0, 0.1) is 0 Å². The van der Waals surface area contributed by atoms with Crippen molar-refractivity contribution in [2.24, 2.45) is 0 Å². The molecule has 0 aliphatic carbocycles. The molecule has 0 atom stereocenters. The van der Waals surface area contributed by atoms with E-state index in [2.05, 4.69) is 60.3 Å². The number of hydrogen-bond donors (Lipinski definition) is 1. The zero-order valence-corrected chi connectivity index (χ0v) is 12.5. The lowest BCUT2D eigenvalue weighted by molar-refractivity contribution is 0.148. The molecule has 3 nitrogen and oxygen atoms in total. The SMILES string of the molecule is CC(C)NCc1cccc(CN2CCN(C)CC2)c1. The predicted octanol–water partition coefficient (Wildman–Crippen LogP) is 1.93. The summed E-state index contributed by atoms with van der Waals surface area (Å²) in [6, 6.07) is 9.53. The highest BCUT2D eigenvalue weighted by atomic mass is 15.2. The Balaban J connectivity index is 1.88. The van der Waals surface area contributed by atoms with E-state index in [1.54, 1.807) is 0 Å². The molecule has 106 valence electrons. The number of benzene rings is 1. The van der Waals surface area contributed by atoms with Crippen LogP contribution in [0.5, 0.6) is 0 Å². The summed E-state index contributed by atoms with van der Waals surface area (Å²) in [6.07, 6.45) is 0. The normalized spacial score (nSPS) is 18.1. The molecule has 1 aromatic carbocycles. The van der Waals surface area contributed by atoms with Crippen LogP contribution in [-0.4, -0.2) is 49.1 Å². The number of rotatable bonds is 5. The molecule has 0 radical (unpaired) electrons. The molecule has 0 spiro atoms. The van der Waals surface area contributed by atoms with Gasteiger partial charge in [-0.15, -0.1) is 0 Å². The summed E-state index contributed by atoms with van der Waals surface area (Å²) in [5.74, 6) is 0. The first-order valence-electron chi connectivity index (χ1n) is 7.35. The molecule has 1 aliphatic rings. The number of hydrogen-bond acceptors (Lipinski definition) is 3. The van der Waals surface area contributed by atoms with Crippen molar-refractivity contribution >= 4 is 0 Å². The maximum absolute atomic E-state index is 3.48. The third-order valence-corrected chi connectivity index (χ3v) is 3.71. The van der Waals surface area contributed by atoms with Crippen LogP contribution < -0.4 is 5.32 Å². The molecular formula is C16H27N3. The summed E-state index contributed by atoms with van der Waals surface area (Å²) in [6.45, 7) is 11.2. The molecule has 1 fully saturated rings. The van der Waals surface area contributed by atoms with Gasteiger partial charge in [0, 0.05) is 45.3 Å². The second kappa shape index (κ2) is 7.04. The molecule has 0 unspecified atom stereocenters. The molecule has 1 saturated heterocycles. The highest BCUT2D eigenvalue weighted by Crippen LogP contribution is 2.10. The first-order chi connectivity index (χ1) is 9.13. The molecule has 1 aromatic rings. The third-order valence-electron chi connectivity index (χ3n) is 3.71. The molecule has 1 heterocycles. The van der Waals surface area contributed by atoms with E-state index in [-0.39, 0.29) is 0 Å². The predicted molar refractivity (Wildman–Crippen MR) is 81.2 cm³/mol. The summed E-state index contributed by atoms with van der Waals surface area (Å²) in [5, 5.41) is 3.48. The van der Waals surface area contributed by atoms with Crippen molar-refractivity contribution in [2.75, 3.05) is 33.2 Å². The Hall–Kier alpha value is -0.900. The summed E-state index contributed by atoms with van der Waals surface area (Å²) >= 11 is 0. The molecule has 0 bridgehead atoms. The summed E-state index contributed by atoms with van der Waals surface area (Å²) in [5.41, 5.74) is 2.83. The van der Waals surface area contributed by atoms with Gasteiger partial charge in [0.05, 0.1) is 0 Å². The van der Waals surface area contributed by atoms with Gasteiger partial charge in [-0.3, -0.25) is 4.90 Å². The van der Waals surface area contributed by atoms with Gasteiger partial charge in [0.15, 0.2) is 0 Å². The van der Waals surface area contributed by atoms with E-state index < -0.39 is 0 Å². The van der Waals surface area contributed by atoms with Crippen molar-refractivity contribution in [3.05, 3.63) is 35.4 Å². The molecule has 0 amide bonds. The van der Waals surface area contributed by atoms with E-state index in [4.69, 9.17) is 0 Å². The molecule has 0 saturated carbocycles. The number of nitrogens with zero attached hydrogens (tertiary/aromatic N) is 2. The fraction of sp³-hybridized carbons (Fsp3) is 0.625. The Morgan fingerprint density at radius 3 is 2.47 bits per heavy atom. The maximum Gasteiger partial charge on any atom is 0.0234 e. The van der Waals surface area contributed by atoms with Gasteiger partial charge in [-0.05, 0) is 18.2 Å². The van der Waals surface area contributed by atoms with Gasteiger partial charge in [0.1, 0.15) is 0 Å². The quantitative estimate of drug-likeness (QED) is 0.874. The molecular weight excluding hydrogens is 234 g/mol. The maximum atomic E-state index is 3.48. The molecule has 19 heavy (non-hydrogen) atoms. The van der Waals surface area contributed by atoms with E-state index in [1.165, 1.54) is 37.3 Å². The standard InChI is InChI=1S/C16H27N3/c1-14(2)17-12-15-5-4-6-16(11-15)13-19-9-7-18(3)8-10-19/h4-6,11,14,17H,7-10,12-13H2,1-3H3. The van der Waals surface area contributed by atoms with Crippen LogP contribution in [-0.2, 0) is 13.1 Å². The van der Waals surface area contributed by atoms with Gasteiger partial charge in [0.2, 0.25) is 0 Å². The summed E-state index contributed by atoms with van der Waals surface area (Å²) in [4.78, 5) is 4.95. The lowest BCUT2D eigenvalue weighted by Crippen LogP contribution is -2.43. The minimum absolute atomic E-state index is 0.543. The fourth-order valence-corrected chi connectivity index (χ4v) is 2.42. The second-order valence-corrected chi connectivity index (χ2v) is 5.93. The highest BCUT2D eigenvalue weighted by molar-refractivity contribution is 5.23. The lowest BCUT2D eigenvalue weighted by Gasteiger charge is -2.32. The lowest BCUT2D eigenvalue weighted by atomic mass is 10.1. The van der Waals surface area contributed by atoms with E-state index in [1.807, 2.05) is 0 Å². The second-order valence-electron chi connectivity index (χ2n) is 5.93. The van der Waals surface area contributed by atoms with Gasteiger partial charge in [-0.2, -0.15) is 0 Å². The van der Waals surface area contributed by atoms with E-state index in [9.17, 15) is 0 Å². The smallest absolute Gasteiger partial charge is 0.0234 e. The van der Waals surface area contributed by atoms with Crippen LogP contribution in [0.25, 0.3) is 0 Å². The third kappa shape index (κ3) is 4.94. The molecule has 1 aliphatic heterocycles. The molecule has 0 aromatic heterocycles. The van der Waals surface area contributed by atoms with Crippen LogP contribution in [0.15, 0.2) is 24.3 Å². The monoisotopic (exact) mass is 261 g/mol. The van der Waals surface area contributed by atoms with Gasteiger partial charge in [-0.1, -0.05) is 38.1 Å². The number of piperazine rings is 1. The Morgan fingerprint density at radius 1 is 1.11 bits per heavy atom. The van der Waals surface area contributed by atoms with Crippen molar-refractivity contribution in [2.45, 2.75) is 33.0 Å². The zero-order chi connectivity index (χ0) is 13.7. The van der Waals surface area contributed by atoms with Crippen molar-refractivity contribution in [1.29, 1.82) is 0 Å². The average molecular weight is 261 g/mol. The minimum Gasteiger partial charge on any atom is -0.310 e. The average Bonchev–Trinajstić information content (AvgIpc) is 2.40. The van der Waals surface area contributed by atoms with Crippen LogP contribution >= 0.6 is 0 Å². The molecule has 2 rings (SSSR count). The summed E-state index contributed by atoms with van der Waals surface area (Å²) in [7, 11) is 2.20. The van der Waals surface area contributed by atoms with Gasteiger partial charge < -0.3 is 10.2 Å². The van der Waals surface area contributed by atoms with Crippen molar-refractivity contribution < 1.29 is 0 Å². The van der Waals surface area contributed by atoms with E-state index in [0.29, 0.717) is 6.04 Å². The molecule has 1 N–H and O–H groups in total. The van der Waals surface area contributed by atoms with E-state index >= 15 is 0 Å². The zero-order valence-electron chi connectivity index (χ0n) is 12.5. The Morgan fingerprint density at radius 2 is 1.79 bits per heavy atom. The van der Waals surface area contributed by atoms with Crippen LogP contribution in [0.3, 0.4) is 0 Å². The van der Waals surface area contributed by atoms with Gasteiger partial charge >= 0.3 is 0 Å². The fourth-order valence-electron chi connectivity index (χ4n) is 2.42. The largest absolute Gasteiger partial charge is 0.310 e. The Kier molecular flexibility index (Phi) is 5.37. The minimum atomic E-state index is 0.543. The Bertz CT molecular complexity index is 381. The van der Waals surface area contributed by atoms with Crippen LogP contribution in [0.4, 0.5) is 0 Å². The first kappa shape index (κ1) is 14.5. The topological polar surface area (TPSA) is 18.5 Å². The van der Waals surface area contributed by atoms with Crippen LogP contribution in [0.1, 0.15) is 25.0 Å². The number of likely N-dealkylation sites (N-methyl/N-ethyl adjacent to an activating group) is 1. The summed E-state index contributed by atoms with van der Waals surface area (Å²) < 4.78 is 0. The van der Waals surface area contributed by atoms with E-state index in [0.717, 1.165) is 13.1 Å². The number of nitrogens with one attached hydrogen (secondary N) is 1. The van der Waals surface area contributed by atoms with Crippen LogP contribution in [0.2, 0.25) is 0 Å². The van der Waals surface area contributed by atoms with Gasteiger partial charge in [0.25, 0.3) is 0 Å². The van der Waals surface area contributed by atoms with Crippen molar-refractivity contribution in [1.82, 2.24) is 15.1 Å². The van der Waals surface area contributed by atoms with Crippen molar-refractivity contribution in [3.8, 4) is 0 Å². The van der Waals surface area contributed by atoms with Gasteiger partial charge in [-0.25, -0.2) is 0 Å². The first-order valence-corrected chi connectivity index (χ1v) is 7.35.